The first-order valence-electron chi connectivity index (χ1n) is 6.69. The molecule has 1 atom stereocenters. The van der Waals surface area contributed by atoms with Gasteiger partial charge >= 0.3 is 0 Å². The van der Waals surface area contributed by atoms with E-state index in [1.165, 1.54) is 0 Å². The summed E-state index contributed by atoms with van der Waals surface area (Å²) in [6.45, 7) is 3.08. The van der Waals surface area contributed by atoms with Gasteiger partial charge in [-0.2, -0.15) is 4.98 Å². The Bertz CT molecular complexity index is 597. The molecule has 0 spiro atoms. The fourth-order valence-corrected chi connectivity index (χ4v) is 2.07. The summed E-state index contributed by atoms with van der Waals surface area (Å²) in [5.74, 6) is 2.07. The van der Waals surface area contributed by atoms with Gasteiger partial charge in [0, 0.05) is 5.56 Å². The van der Waals surface area contributed by atoms with Crippen molar-refractivity contribution in [3.05, 3.63) is 24.0 Å². The molecule has 0 saturated carbocycles. The number of fused-ring (bicyclic) bond motifs is 1. The maximum atomic E-state index is 9.84. The second-order valence-corrected chi connectivity index (χ2v) is 4.62. The Balaban J connectivity index is 1.86. The quantitative estimate of drug-likeness (QED) is 0.923. The summed E-state index contributed by atoms with van der Waals surface area (Å²) in [6, 6.07) is 5.45. The lowest BCUT2D eigenvalue weighted by Gasteiger charge is -2.18. The van der Waals surface area contributed by atoms with Crippen LogP contribution in [0.4, 0.5) is 0 Å². The van der Waals surface area contributed by atoms with Gasteiger partial charge in [-0.25, -0.2) is 0 Å². The minimum absolute atomic E-state index is 0.316. The summed E-state index contributed by atoms with van der Waals surface area (Å²) < 4.78 is 16.2. The zero-order valence-corrected chi connectivity index (χ0v) is 11.2. The second-order valence-electron chi connectivity index (χ2n) is 4.62. The first kappa shape index (κ1) is 12.9. The van der Waals surface area contributed by atoms with Crippen LogP contribution in [0.5, 0.6) is 11.5 Å². The van der Waals surface area contributed by atoms with Crippen molar-refractivity contribution in [2.45, 2.75) is 25.9 Å². The van der Waals surface area contributed by atoms with Crippen molar-refractivity contribution in [1.29, 1.82) is 0 Å². The third-order valence-electron chi connectivity index (χ3n) is 3.09. The van der Waals surface area contributed by atoms with Crippen LogP contribution in [0.25, 0.3) is 11.5 Å². The molecular weight excluding hydrogens is 260 g/mol. The van der Waals surface area contributed by atoms with Crippen molar-refractivity contribution in [1.82, 2.24) is 10.1 Å². The number of hydrogen-bond donors (Lipinski definition) is 1. The third kappa shape index (κ3) is 2.46. The van der Waals surface area contributed by atoms with Crippen molar-refractivity contribution in [2.75, 3.05) is 13.2 Å². The van der Waals surface area contributed by atoms with E-state index in [0.717, 1.165) is 12.0 Å². The zero-order chi connectivity index (χ0) is 13.9. The van der Waals surface area contributed by atoms with Gasteiger partial charge in [-0.15, -0.1) is 0 Å². The molecule has 0 fully saturated rings. The fourth-order valence-electron chi connectivity index (χ4n) is 2.07. The van der Waals surface area contributed by atoms with E-state index in [1.807, 2.05) is 19.1 Å². The highest BCUT2D eigenvalue weighted by molar-refractivity contribution is 5.60. The van der Waals surface area contributed by atoms with Gasteiger partial charge in [0.2, 0.25) is 5.82 Å². The van der Waals surface area contributed by atoms with Crippen LogP contribution < -0.4 is 9.47 Å². The van der Waals surface area contributed by atoms with Gasteiger partial charge in [0.15, 0.2) is 11.5 Å². The minimum atomic E-state index is -0.685. The zero-order valence-electron chi connectivity index (χ0n) is 11.2. The maximum Gasteiger partial charge on any atom is 0.258 e. The van der Waals surface area contributed by atoms with Gasteiger partial charge in [-0.1, -0.05) is 18.5 Å². The SMILES string of the molecule is CCCC(O)c1noc(-c2ccc3c(c2)OCCO3)n1. The highest BCUT2D eigenvalue weighted by Crippen LogP contribution is 2.34. The Hall–Kier alpha value is -2.08. The molecular formula is C14H16N2O4. The molecule has 1 aromatic heterocycles. The van der Waals surface area contributed by atoms with Crippen LogP contribution in [0.1, 0.15) is 31.7 Å². The Morgan fingerprint density at radius 3 is 2.85 bits per heavy atom. The number of aromatic nitrogens is 2. The molecule has 2 aromatic rings. The number of benzene rings is 1. The molecule has 1 N–H and O–H groups in total. The third-order valence-corrected chi connectivity index (χ3v) is 3.09. The van der Waals surface area contributed by atoms with Crippen molar-refractivity contribution in [3.8, 4) is 23.0 Å². The van der Waals surface area contributed by atoms with Crippen LogP contribution in [-0.4, -0.2) is 28.5 Å². The molecule has 0 aliphatic carbocycles. The standard InChI is InChI=1S/C14H16N2O4/c1-2-3-10(17)13-15-14(20-16-13)9-4-5-11-12(8-9)19-7-6-18-11/h4-5,8,10,17H,2-3,6-7H2,1H3. The molecule has 0 bridgehead atoms. The number of aliphatic hydroxyl groups is 1. The molecule has 1 aliphatic rings. The smallest absolute Gasteiger partial charge is 0.258 e. The number of rotatable bonds is 4. The highest BCUT2D eigenvalue weighted by atomic mass is 16.6. The molecule has 0 amide bonds. The summed E-state index contributed by atoms with van der Waals surface area (Å²) in [5.41, 5.74) is 0.747. The second kappa shape index (κ2) is 5.50. The Morgan fingerprint density at radius 2 is 2.05 bits per heavy atom. The van der Waals surface area contributed by atoms with Crippen molar-refractivity contribution < 1.29 is 19.1 Å². The van der Waals surface area contributed by atoms with Gasteiger partial charge in [-0.3, -0.25) is 0 Å². The predicted molar refractivity (Wildman–Crippen MR) is 70.6 cm³/mol. The summed E-state index contributed by atoms with van der Waals surface area (Å²) in [6.07, 6.45) is 0.782. The average Bonchev–Trinajstić information content (AvgIpc) is 2.97. The molecule has 1 unspecified atom stereocenters. The lowest BCUT2D eigenvalue weighted by atomic mass is 10.2. The summed E-state index contributed by atoms with van der Waals surface area (Å²) in [7, 11) is 0. The summed E-state index contributed by atoms with van der Waals surface area (Å²) in [4.78, 5) is 4.22. The summed E-state index contributed by atoms with van der Waals surface area (Å²) >= 11 is 0. The first-order valence-corrected chi connectivity index (χ1v) is 6.69. The Kier molecular flexibility index (Phi) is 3.56. The van der Waals surface area contributed by atoms with Crippen LogP contribution in [-0.2, 0) is 0 Å². The molecule has 1 aliphatic heterocycles. The normalized spacial score (nSPS) is 15.1. The van der Waals surface area contributed by atoms with Gasteiger partial charge in [0.25, 0.3) is 5.89 Å². The number of hydrogen-bond acceptors (Lipinski definition) is 6. The molecule has 0 radical (unpaired) electrons. The van der Waals surface area contributed by atoms with E-state index < -0.39 is 6.10 Å². The van der Waals surface area contributed by atoms with Crippen LogP contribution >= 0.6 is 0 Å². The van der Waals surface area contributed by atoms with E-state index in [4.69, 9.17) is 14.0 Å². The van der Waals surface area contributed by atoms with Crippen LogP contribution in [0.15, 0.2) is 22.7 Å². The molecule has 6 nitrogen and oxygen atoms in total. The molecule has 2 heterocycles. The van der Waals surface area contributed by atoms with Gasteiger partial charge in [0.05, 0.1) is 0 Å². The van der Waals surface area contributed by atoms with E-state index in [9.17, 15) is 5.11 Å². The largest absolute Gasteiger partial charge is 0.486 e. The Morgan fingerprint density at radius 1 is 1.25 bits per heavy atom. The van der Waals surface area contributed by atoms with Gasteiger partial charge in [0.1, 0.15) is 19.3 Å². The van der Waals surface area contributed by atoms with E-state index in [1.54, 1.807) is 6.07 Å². The van der Waals surface area contributed by atoms with Gasteiger partial charge in [-0.05, 0) is 24.6 Å². The molecule has 0 saturated heterocycles. The fraction of sp³-hybridized carbons (Fsp3) is 0.429. The topological polar surface area (TPSA) is 77.6 Å². The molecule has 1 aromatic carbocycles. The lowest BCUT2D eigenvalue weighted by Crippen LogP contribution is -2.15. The van der Waals surface area contributed by atoms with Crippen molar-refractivity contribution in [3.63, 3.8) is 0 Å². The predicted octanol–water partition coefficient (Wildman–Crippen LogP) is 2.34. The molecule has 20 heavy (non-hydrogen) atoms. The lowest BCUT2D eigenvalue weighted by molar-refractivity contribution is 0.153. The van der Waals surface area contributed by atoms with Gasteiger partial charge < -0.3 is 19.1 Å². The minimum Gasteiger partial charge on any atom is -0.486 e. The number of ether oxygens (including phenoxy) is 2. The van der Waals surface area contributed by atoms with Crippen LogP contribution in [0.3, 0.4) is 0 Å². The van der Waals surface area contributed by atoms with Crippen molar-refractivity contribution >= 4 is 0 Å². The van der Waals surface area contributed by atoms with E-state index in [2.05, 4.69) is 10.1 Å². The Labute approximate surface area is 116 Å². The first-order chi connectivity index (χ1) is 9.78. The van der Waals surface area contributed by atoms with Crippen LogP contribution in [0, 0.1) is 0 Å². The summed E-state index contributed by atoms with van der Waals surface area (Å²) in [5, 5.41) is 13.7. The molecule has 6 heteroatoms. The van der Waals surface area contributed by atoms with Crippen LogP contribution in [0.2, 0.25) is 0 Å². The van der Waals surface area contributed by atoms with E-state index in [0.29, 0.717) is 42.8 Å². The highest BCUT2D eigenvalue weighted by Gasteiger charge is 2.18. The van der Waals surface area contributed by atoms with Crippen molar-refractivity contribution in [2.24, 2.45) is 0 Å². The average molecular weight is 276 g/mol. The number of nitrogens with zero attached hydrogens (tertiary/aromatic N) is 2. The van der Waals surface area contributed by atoms with E-state index in [-0.39, 0.29) is 0 Å². The maximum absolute atomic E-state index is 9.84. The monoisotopic (exact) mass is 276 g/mol. The molecule has 3 rings (SSSR count). The number of aliphatic hydroxyl groups excluding tert-OH is 1. The molecule has 106 valence electrons. The van der Waals surface area contributed by atoms with E-state index >= 15 is 0 Å².